The molecule has 88 valence electrons. The molecule has 0 amide bonds. The fraction of sp³-hybridized carbons (Fsp3) is 0.308. The zero-order valence-electron chi connectivity index (χ0n) is 10.1. The molecule has 0 saturated heterocycles. The Morgan fingerprint density at radius 1 is 1.12 bits per heavy atom. The van der Waals surface area contributed by atoms with E-state index in [0.29, 0.717) is 11.0 Å². The molecule has 2 aromatic heterocycles. The van der Waals surface area contributed by atoms with Crippen molar-refractivity contribution >= 4 is 11.6 Å². The van der Waals surface area contributed by atoms with E-state index in [1.165, 1.54) is 0 Å². The topological polar surface area (TPSA) is 38.7 Å². The molecule has 0 bridgehead atoms. The number of hydrogen-bond donors (Lipinski definition) is 0. The van der Waals surface area contributed by atoms with Gasteiger partial charge >= 0.3 is 0 Å². The lowest BCUT2D eigenvalue weighted by molar-refractivity contribution is 0.567. The largest absolute Gasteiger partial charge is 0.253 e. The van der Waals surface area contributed by atoms with E-state index < -0.39 is 0 Å². The maximum Gasteiger partial charge on any atom is 0.179 e. The zero-order valence-corrected chi connectivity index (χ0v) is 10.9. The highest BCUT2D eigenvalue weighted by Crippen LogP contribution is 2.24. The van der Waals surface area contributed by atoms with Crippen molar-refractivity contribution in [1.29, 1.82) is 0 Å². The van der Waals surface area contributed by atoms with E-state index in [-0.39, 0.29) is 5.41 Å². The molecule has 2 rings (SSSR count). The van der Waals surface area contributed by atoms with Gasteiger partial charge in [-0.25, -0.2) is 9.97 Å². The molecule has 2 aromatic rings. The first-order valence-corrected chi connectivity index (χ1v) is 5.81. The molecule has 0 atom stereocenters. The van der Waals surface area contributed by atoms with Crippen LogP contribution in [0.2, 0.25) is 5.15 Å². The Hall–Kier alpha value is -1.48. The highest BCUT2D eigenvalue weighted by atomic mass is 35.5. The van der Waals surface area contributed by atoms with Gasteiger partial charge < -0.3 is 0 Å². The summed E-state index contributed by atoms with van der Waals surface area (Å²) in [6.07, 6.45) is 1.72. The van der Waals surface area contributed by atoms with Gasteiger partial charge in [-0.15, -0.1) is 0 Å². The first kappa shape index (κ1) is 12.0. The predicted molar refractivity (Wildman–Crippen MR) is 69.0 cm³/mol. The van der Waals surface area contributed by atoms with Gasteiger partial charge in [-0.05, 0) is 18.2 Å². The Balaban J connectivity index is 2.54. The van der Waals surface area contributed by atoms with Gasteiger partial charge in [-0.1, -0.05) is 38.4 Å². The number of halogens is 1. The summed E-state index contributed by atoms with van der Waals surface area (Å²) in [6.45, 7) is 6.27. The van der Waals surface area contributed by atoms with Crippen LogP contribution in [0.4, 0.5) is 0 Å². The maximum atomic E-state index is 6.03. The molecule has 0 aromatic carbocycles. The van der Waals surface area contributed by atoms with Crippen LogP contribution in [0.5, 0.6) is 0 Å². The molecule has 2 heterocycles. The second-order valence-corrected chi connectivity index (χ2v) is 5.25. The summed E-state index contributed by atoms with van der Waals surface area (Å²) in [5, 5.41) is 0.450. The SMILES string of the molecule is CC(C)(C)c1cc(Cl)nc(-c2ccccn2)n1. The van der Waals surface area contributed by atoms with Crippen LogP contribution in [0.3, 0.4) is 0 Å². The molecule has 0 aliphatic rings. The van der Waals surface area contributed by atoms with Crippen molar-refractivity contribution in [2.75, 3.05) is 0 Å². The lowest BCUT2D eigenvalue weighted by Crippen LogP contribution is -2.14. The average molecular weight is 248 g/mol. The first-order chi connectivity index (χ1) is 7.97. The van der Waals surface area contributed by atoms with Crippen molar-refractivity contribution < 1.29 is 0 Å². The second-order valence-electron chi connectivity index (χ2n) is 4.86. The average Bonchev–Trinajstić information content (AvgIpc) is 2.28. The van der Waals surface area contributed by atoms with Crippen LogP contribution in [-0.2, 0) is 5.41 Å². The van der Waals surface area contributed by atoms with Crippen LogP contribution in [-0.4, -0.2) is 15.0 Å². The van der Waals surface area contributed by atoms with Gasteiger partial charge in [0, 0.05) is 11.6 Å². The third-order valence-corrected chi connectivity index (χ3v) is 2.55. The Kier molecular flexibility index (Phi) is 3.11. The molecule has 4 heteroatoms. The van der Waals surface area contributed by atoms with E-state index in [1.54, 1.807) is 12.3 Å². The van der Waals surface area contributed by atoms with Gasteiger partial charge in [0.2, 0.25) is 0 Å². The number of hydrogen-bond acceptors (Lipinski definition) is 3. The third-order valence-electron chi connectivity index (χ3n) is 2.36. The fourth-order valence-corrected chi connectivity index (χ4v) is 1.59. The quantitative estimate of drug-likeness (QED) is 0.724. The minimum Gasteiger partial charge on any atom is -0.253 e. The van der Waals surface area contributed by atoms with Gasteiger partial charge in [0.05, 0.1) is 5.69 Å². The molecule has 3 nitrogen and oxygen atoms in total. The summed E-state index contributed by atoms with van der Waals surface area (Å²) in [4.78, 5) is 13.0. The lowest BCUT2D eigenvalue weighted by Gasteiger charge is -2.18. The van der Waals surface area contributed by atoms with Gasteiger partial charge in [0.25, 0.3) is 0 Å². The summed E-state index contributed by atoms with van der Waals surface area (Å²) >= 11 is 6.03. The molecule has 0 radical (unpaired) electrons. The standard InChI is InChI=1S/C13H14ClN3/c1-13(2,3)10-8-11(14)17-12(16-10)9-6-4-5-7-15-9/h4-8H,1-3H3. The van der Waals surface area contributed by atoms with Gasteiger partial charge in [0.15, 0.2) is 5.82 Å². The molecular weight excluding hydrogens is 234 g/mol. The van der Waals surface area contributed by atoms with Crippen LogP contribution >= 0.6 is 11.6 Å². The van der Waals surface area contributed by atoms with Gasteiger partial charge in [0.1, 0.15) is 10.8 Å². The van der Waals surface area contributed by atoms with Crippen LogP contribution in [0.1, 0.15) is 26.5 Å². The zero-order chi connectivity index (χ0) is 12.5. The smallest absolute Gasteiger partial charge is 0.179 e. The van der Waals surface area contributed by atoms with E-state index in [9.17, 15) is 0 Å². The van der Waals surface area contributed by atoms with Crippen LogP contribution in [0, 0.1) is 0 Å². The predicted octanol–water partition coefficient (Wildman–Crippen LogP) is 3.49. The molecule has 0 unspecified atom stereocenters. The van der Waals surface area contributed by atoms with Crippen molar-refractivity contribution in [1.82, 2.24) is 15.0 Å². The van der Waals surface area contributed by atoms with E-state index >= 15 is 0 Å². The van der Waals surface area contributed by atoms with Crippen LogP contribution in [0.25, 0.3) is 11.5 Å². The third kappa shape index (κ3) is 2.80. The number of pyridine rings is 1. The van der Waals surface area contributed by atoms with Crippen molar-refractivity contribution in [2.45, 2.75) is 26.2 Å². The second kappa shape index (κ2) is 4.41. The maximum absolute atomic E-state index is 6.03. The highest BCUT2D eigenvalue weighted by molar-refractivity contribution is 6.29. The summed E-state index contributed by atoms with van der Waals surface area (Å²) in [5.41, 5.74) is 1.59. The summed E-state index contributed by atoms with van der Waals surface area (Å²) in [5.74, 6) is 0.572. The van der Waals surface area contributed by atoms with E-state index in [2.05, 4.69) is 35.7 Å². The first-order valence-electron chi connectivity index (χ1n) is 5.43. The van der Waals surface area contributed by atoms with Crippen LogP contribution < -0.4 is 0 Å². The minimum absolute atomic E-state index is 0.0594. The summed E-state index contributed by atoms with van der Waals surface area (Å²) in [7, 11) is 0. The highest BCUT2D eigenvalue weighted by Gasteiger charge is 2.18. The van der Waals surface area contributed by atoms with E-state index in [1.807, 2.05) is 18.2 Å². The van der Waals surface area contributed by atoms with Gasteiger partial charge in [-0.2, -0.15) is 0 Å². The Morgan fingerprint density at radius 2 is 1.88 bits per heavy atom. The minimum atomic E-state index is -0.0594. The Bertz CT molecular complexity index is 518. The molecule has 0 N–H and O–H groups in total. The van der Waals surface area contributed by atoms with E-state index in [0.717, 1.165) is 11.4 Å². The summed E-state index contributed by atoms with van der Waals surface area (Å²) < 4.78 is 0. The lowest BCUT2D eigenvalue weighted by atomic mass is 9.92. The normalized spacial score (nSPS) is 11.5. The van der Waals surface area contributed by atoms with E-state index in [4.69, 9.17) is 11.6 Å². The van der Waals surface area contributed by atoms with Crippen molar-refractivity contribution in [3.05, 3.63) is 41.3 Å². The fourth-order valence-electron chi connectivity index (χ4n) is 1.41. The monoisotopic (exact) mass is 247 g/mol. The molecule has 0 aliphatic heterocycles. The molecule has 17 heavy (non-hydrogen) atoms. The number of rotatable bonds is 1. The van der Waals surface area contributed by atoms with Crippen molar-refractivity contribution in [2.24, 2.45) is 0 Å². The van der Waals surface area contributed by atoms with Crippen molar-refractivity contribution in [3.8, 4) is 11.5 Å². The Morgan fingerprint density at radius 3 is 2.47 bits per heavy atom. The van der Waals surface area contributed by atoms with Crippen molar-refractivity contribution in [3.63, 3.8) is 0 Å². The molecule has 0 spiro atoms. The molecule has 0 aliphatic carbocycles. The van der Waals surface area contributed by atoms with Crippen LogP contribution in [0.15, 0.2) is 30.5 Å². The molecular formula is C13H14ClN3. The summed E-state index contributed by atoms with van der Waals surface area (Å²) in [6, 6.07) is 7.44. The number of nitrogens with zero attached hydrogens (tertiary/aromatic N) is 3. The molecule has 0 fully saturated rings. The molecule has 0 saturated carbocycles. The Labute approximate surface area is 106 Å². The van der Waals surface area contributed by atoms with Gasteiger partial charge in [-0.3, -0.25) is 4.98 Å². The number of aromatic nitrogens is 3.